The third kappa shape index (κ3) is 6.30. The molecule has 11 nitrogen and oxygen atoms in total. The van der Waals surface area contributed by atoms with Crippen LogP contribution in [0, 0.1) is 6.92 Å². The maximum absolute atomic E-state index is 13.4. The molecule has 2 aromatic carbocycles. The van der Waals surface area contributed by atoms with Crippen molar-refractivity contribution in [1.29, 1.82) is 0 Å². The van der Waals surface area contributed by atoms with E-state index in [0.29, 0.717) is 24.2 Å². The second-order valence-electron chi connectivity index (χ2n) is 10.3. The summed E-state index contributed by atoms with van der Waals surface area (Å²) in [7, 11) is -3.61. The number of aliphatic hydroxyl groups excluding tert-OH is 2. The summed E-state index contributed by atoms with van der Waals surface area (Å²) in [4.78, 5) is 17.5. The average Bonchev–Trinajstić information content (AvgIpc) is 3.41. The number of nitrogens with zero attached hydrogens (tertiary/aromatic N) is 2. The maximum Gasteiger partial charge on any atom is 0.586 e. The summed E-state index contributed by atoms with van der Waals surface area (Å²) in [6.45, 7) is 2.01. The number of rotatable bonds is 10. The second-order valence-corrected chi connectivity index (χ2v) is 12.4. The molecule has 3 heterocycles. The van der Waals surface area contributed by atoms with Crippen molar-refractivity contribution in [3.8, 4) is 17.2 Å². The molecule has 2 aromatic rings. The number of aryl methyl sites for hydroxylation is 2. The predicted octanol–water partition coefficient (Wildman–Crippen LogP) is 1.72. The lowest BCUT2D eigenvalue weighted by Gasteiger charge is -2.34. The van der Waals surface area contributed by atoms with Gasteiger partial charge in [-0.25, -0.2) is 12.7 Å². The van der Waals surface area contributed by atoms with E-state index >= 15 is 0 Å². The number of alkyl halides is 2. The number of amides is 1. The van der Waals surface area contributed by atoms with Gasteiger partial charge in [-0.1, -0.05) is 6.07 Å². The number of piperidine rings is 1. The quantitative estimate of drug-likeness (QED) is 0.376. The van der Waals surface area contributed by atoms with Crippen molar-refractivity contribution in [3.63, 3.8) is 0 Å². The number of hydrogen-bond donors (Lipinski definition) is 3. The number of hydrogen-bond acceptors (Lipinski definition) is 9. The summed E-state index contributed by atoms with van der Waals surface area (Å²) in [6, 6.07) is 9.47. The average molecular weight is 596 g/mol. The van der Waals surface area contributed by atoms with Crippen molar-refractivity contribution < 1.29 is 46.4 Å². The second kappa shape index (κ2) is 11.2. The van der Waals surface area contributed by atoms with Crippen LogP contribution in [-0.2, 0) is 21.2 Å². The van der Waals surface area contributed by atoms with E-state index in [0.717, 1.165) is 11.1 Å². The smallest absolute Gasteiger partial charge is 0.493 e. The highest BCUT2D eigenvalue weighted by Crippen LogP contribution is 2.42. The summed E-state index contributed by atoms with van der Waals surface area (Å²) in [5.74, 6) is 0.0467. The Balaban J connectivity index is 1.17. The SMILES string of the molecule is Cc1cc(OCCC(O)CO)ccc1CCS(=O)(=O)N1CCC2(CC1)N=C(c1ccc3c(c1)OC(F)(F)O3)NC2=O. The number of halogens is 2. The van der Waals surface area contributed by atoms with Gasteiger partial charge in [0.15, 0.2) is 11.5 Å². The fourth-order valence-corrected chi connectivity index (χ4v) is 6.51. The molecule has 1 saturated heterocycles. The Hall–Kier alpha value is -3.33. The molecule has 0 radical (unpaired) electrons. The van der Waals surface area contributed by atoms with E-state index in [1.54, 1.807) is 12.1 Å². The number of ether oxygens (including phenoxy) is 3. The van der Waals surface area contributed by atoms with Gasteiger partial charge in [-0.3, -0.25) is 9.79 Å². The van der Waals surface area contributed by atoms with Crippen molar-refractivity contribution in [1.82, 2.24) is 9.62 Å². The first-order valence-electron chi connectivity index (χ1n) is 13.2. The van der Waals surface area contributed by atoms with E-state index in [1.807, 2.05) is 13.0 Å². The minimum absolute atomic E-state index is 0.105. The first-order chi connectivity index (χ1) is 19.4. The minimum Gasteiger partial charge on any atom is -0.493 e. The lowest BCUT2D eigenvalue weighted by molar-refractivity contribution is -0.286. The Morgan fingerprint density at radius 3 is 2.59 bits per heavy atom. The van der Waals surface area contributed by atoms with Crippen LogP contribution in [0.15, 0.2) is 41.4 Å². The number of nitrogens with one attached hydrogen (secondary N) is 1. The van der Waals surface area contributed by atoms with E-state index in [-0.39, 0.29) is 68.1 Å². The number of aliphatic hydroxyl groups is 2. The van der Waals surface area contributed by atoms with Crippen LogP contribution < -0.4 is 19.5 Å². The molecule has 5 rings (SSSR count). The molecule has 3 aliphatic rings. The van der Waals surface area contributed by atoms with Crippen LogP contribution >= 0.6 is 0 Å². The summed E-state index contributed by atoms with van der Waals surface area (Å²) >= 11 is 0. The Morgan fingerprint density at radius 1 is 1.15 bits per heavy atom. The van der Waals surface area contributed by atoms with Gasteiger partial charge in [0.1, 0.15) is 17.1 Å². The van der Waals surface area contributed by atoms with Gasteiger partial charge in [0.25, 0.3) is 5.91 Å². The molecular weight excluding hydrogens is 564 g/mol. The third-order valence-corrected chi connectivity index (χ3v) is 9.34. The number of amidine groups is 1. The van der Waals surface area contributed by atoms with Crippen molar-refractivity contribution in [2.24, 2.45) is 4.99 Å². The first-order valence-corrected chi connectivity index (χ1v) is 14.8. The number of carbonyl (C=O) groups excluding carboxylic acids is 1. The highest BCUT2D eigenvalue weighted by Gasteiger charge is 2.48. The van der Waals surface area contributed by atoms with Gasteiger partial charge in [-0.2, -0.15) is 0 Å². The topological polar surface area (TPSA) is 147 Å². The Kier molecular flexibility index (Phi) is 7.94. The van der Waals surface area contributed by atoms with Gasteiger partial charge in [0.2, 0.25) is 10.0 Å². The van der Waals surface area contributed by atoms with Crippen LogP contribution in [0.25, 0.3) is 0 Å². The standard InChI is InChI=1S/C27H31F2N3O8S/c1-17-14-21(38-12-6-20(34)16-33)4-2-18(17)7-13-41(36,37)32-10-8-26(9-11-32)25(35)30-24(31-26)19-3-5-22-23(15-19)40-27(28,29)39-22/h2-5,14-15,20,33-34H,6-13,16H2,1H3,(H,30,31,35). The Labute approximate surface area is 235 Å². The van der Waals surface area contributed by atoms with Crippen LogP contribution in [0.5, 0.6) is 17.2 Å². The lowest BCUT2D eigenvalue weighted by atomic mass is 9.89. The summed E-state index contributed by atoms with van der Waals surface area (Å²) in [5, 5.41) is 21.0. The number of aliphatic imine (C=N–C) groups is 1. The first kappa shape index (κ1) is 29.2. The van der Waals surface area contributed by atoms with Gasteiger partial charge in [0, 0.05) is 25.1 Å². The molecule has 3 aliphatic heterocycles. The normalized spacial score (nSPS) is 20.1. The van der Waals surface area contributed by atoms with Crippen LogP contribution in [-0.4, -0.2) is 84.7 Å². The van der Waals surface area contributed by atoms with Crippen LogP contribution in [0.2, 0.25) is 0 Å². The Bertz CT molecular complexity index is 1460. The minimum atomic E-state index is -3.76. The van der Waals surface area contributed by atoms with Crippen LogP contribution in [0.3, 0.4) is 0 Å². The fraction of sp³-hybridized carbons (Fsp3) is 0.481. The molecule has 222 valence electrons. The van der Waals surface area contributed by atoms with Crippen LogP contribution in [0.4, 0.5) is 8.78 Å². The molecule has 0 bridgehead atoms. The largest absolute Gasteiger partial charge is 0.586 e. The zero-order valence-electron chi connectivity index (χ0n) is 22.3. The van der Waals surface area contributed by atoms with Gasteiger partial charge in [-0.05, 0) is 67.6 Å². The van der Waals surface area contributed by atoms with E-state index in [1.165, 1.54) is 22.5 Å². The predicted molar refractivity (Wildman–Crippen MR) is 143 cm³/mol. The summed E-state index contributed by atoms with van der Waals surface area (Å²) in [5.41, 5.74) is 0.965. The summed E-state index contributed by atoms with van der Waals surface area (Å²) < 4.78 is 68.9. The van der Waals surface area contributed by atoms with E-state index in [4.69, 9.17) is 9.84 Å². The zero-order chi connectivity index (χ0) is 29.4. The molecule has 0 aromatic heterocycles. The van der Waals surface area contributed by atoms with E-state index < -0.39 is 28.0 Å². The third-order valence-electron chi connectivity index (χ3n) is 7.47. The van der Waals surface area contributed by atoms with E-state index in [9.17, 15) is 27.1 Å². The fourth-order valence-electron chi connectivity index (χ4n) is 5.03. The molecule has 1 amide bonds. The Morgan fingerprint density at radius 2 is 1.88 bits per heavy atom. The lowest BCUT2D eigenvalue weighted by Crippen LogP contribution is -2.50. The van der Waals surface area contributed by atoms with E-state index in [2.05, 4.69) is 19.8 Å². The van der Waals surface area contributed by atoms with Crippen molar-refractivity contribution >= 4 is 21.8 Å². The van der Waals surface area contributed by atoms with Crippen molar-refractivity contribution in [2.75, 3.05) is 32.1 Å². The monoisotopic (exact) mass is 595 g/mol. The molecule has 14 heteroatoms. The number of benzene rings is 2. The molecule has 0 aliphatic carbocycles. The highest BCUT2D eigenvalue weighted by atomic mass is 32.2. The summed E-state index contributed by atoms with van der Waals surface area (Å²) in [6.07, 6.45) is -3.65. The highest BCUT2D eigenvalue weighted by molar-refractivity contribution is 7.89. The maximum atomic E-state index is 13.4. The molecule has 1 atom stereocenters. The molecule has 1 unspecified atom stereocenters. The molecular formula is C27H31F2N3O8S. The zero-order valence-corrected chi connectivity index (χ0v) is 23.1. The molecule has 1 spiro atoms. The van der Waals surface area contributed by atoms with Gasteiger partial charge >= 0.3 is 6.29 Å². The van der Waals surface area contributed by atoms with Crippen molar-refractivity contribution in [3.05, 3.63) is 53.1 Å². The van der Waals surface area contributed by atoms with Gasteiger partial charge < -0.3 is 29.7 Å². The number of fused-ring (bicyclic) bond motifs is 1. The van der Waals surface area contributed by atoms with Gasteiger partial charge in [-0.15, -0.1) is 8.78 Å². The van der Waals surface area contributed by atoms with Gasteiger partial charge in [0.05, 0.1) is 25.1 Å². The number of carbonyl (C=O) groups is 1. The molecule has 0 saturated carbocycles. The van der Waals surface area contributed by atoms with Crippen molar-refractivity contribution in [2.45, 2.75) is 50.5 Å². The molecule has 3 N–H and O–H groups in total. The molecule has 1 fully saturated rings. The molecule has 41 heavy (non-hydrogen) atoms. The number of sulfonamides is 1. The van der Waals surface area contributed by atoms with Crippen LogP contribution in [0.1, 0.15) is 36.0 Å².